The highest BCUT2D eigenvalue weighted by molar-refractivity contribution is 7.98. The van der Waals surface area contributed by atoms with Crippen LogP contribution in [0.3, 0.4) is 0 Å². The number of halogens is 1. The van der Waals surface area contributed by atoms with Crippen molar-refractivity contribution in [3.8, 4) is 0 Å². The summed E-state index contributed by atoms with van der Waals surface area (Å²) in [5, 5.41) is 12.2. The van der Waals surface area contributed by atoms with Gasteiger partial charge < -0.3 is 5.11 Å². The van der Waals surface area contributed by atoms with Crippen molar-refractivity contribution in [2.75, 3.05) is 11.2 Å². The Bertz CT molecular complexity index is 1110. The fraction of sp³-hybridized carbons (Fsp3) is 0.100. The number of Topliss-reactive ketones (excluding diaryl/α,β-unsaturated/α-hetero) is 1. The predicted octanol–water partition coefficient (Wildman–Crippen LogP) is 4.54. The molecule has 2 aromatic carbocycles. The van der Waals surface area contributed by atoms with Gasteiger partial charge in [-0.15, -0.1) is 0 Å². The number of ketones is 1. The smallest absolute Gasteiger partial charge is 0.301 e. The van der Waals surface area contributed by atoms with Crippen LogP contribution in [0.15, 0.2) is 65.3 Å². The van der Waals surface area contributed by atoms with E-state index in [4.69, 9.17) is 11.6 Å². The summed E-state index contributed by atoms with van der Waals surface area (Å²) in [6, 6.07) is 14.6. The Hall–Kier alpha value is -2.68. The fourth-order valence-corrected chi connectivity index (χ4v) is 4.50. The van der Waals surface area contributed by atoms with Crippen LogP contribution >= 0.6 is 34.9 Å². The molecule has 0 saturated carbocycles. The molecular weight excluding hydrogens is 430 g/mol. The molecule has 4 rings (SSSR count). The van der Waals surface area contributed by atoms with E-state index in [0.29, 0.717) is 26.4 Å². The third-order valence-electron chi connectivity index (χ3n) is 4.46. The van der Waals surface area contributed by atoms with Crippen LogP contribution in [0.1, 0.15) is 17.2 Å². The van der Waals surface area contributed by atoms with Gasteiger partial charge in [-0.1, -0.05) is 65.8 Å². The van der Waals surface area contributed by atoms with Crippen LogP contribution in [0.2, 0.25) is 5.02 Å². The van der Waals surface area contributed by atoms with Crippen LogP contribution in [0.5, 0.6) is 0 Å². The van der Waals surface area contributed by atoms with E-state index in [0.717, 1.165) is 11.5 Å². The molecule has 1 fully saturated rings. The minimum Gasteiger partial charge on any atom is -0.507 e. The molecule has 146 valence electrons. The molecule has 1 saturated heterocycles. The number of nitrogens with zero attached hydrogens (tertiary/aromatic N) is 3. The van der Waals surface area contributed by atoms with Crippen molar-refractivity contribution in [1.82, 2.24) is 9.36 Å². The molecule has 1 aromatic heterocycles. The van der Waals surface area contributed by atoms with Gasteiger partial charge in [0.05, 0.1) is 11.6 Å². The number of thioether (sulfide) groups is 1. The molecule has 0 spiro atoms. The van der Waals surface area contributed by atoms with Crippen LogP contribution < -0.4 is 4.90 Å². The molecule has 6 nitrogen and oxygen atoms in total. The molecule has 3 aromatic rings. The van der Waals surface area contributed by atoms with Crippen LogP contribution in [-0.4, -0.2) is 32.4 Å². The van der Waals surface area contributed by atoms with Crippen LogP contribution in [0.4, 0.5) is 5.13 Å². The fourth-order valence-electron chi connectivity index (χ4n) is 3.13. The van der Waals surface area contributed by atoms with E-state index in [-0.39, 0.29) is 11.3 Å². The third kappa shape index (κ3) is 3.55. The second-order valence-electron chi connectivity index (χ2n) is 6.15. The molecule has 0 unspecified atom stereocenters. The Morgan fingerprint density at radius 2 is 1.83 bits per heavy atom. The molecule has 0 radical (unpaired) electrons. The van der Waals surface area contributed by atoms with Gasteiger partial charge in [0.1, 0.15) is 5.76 Å². The van der Waals surface area contributed by atoms with E-state index in [1.165, 1.54) is 16.7 Å². The maximum absolute atomic E-state index is 12.9. The van der Waals surface area contributed by atoms with Crippen molar-refractivity contribution in [1.29, 1.82) is 0 Å². The van der Waals surface area contributed by atoms with E-state index in [9.17, 15) is 14.7 Å². The Morgan fingerprint density at radius 1 is 1.14 bits per heavy atom. The average molecular weight is 444 g/mol. The normalized spacial score (nSPS) is 18.4. The van der Waals surface area contributed by atoms with Gasteiger partial charge in [0.15, 0.2) is 0 Å². The Labute approximate surface area is 180 Å². The maximum Gasteiger partial charge on any atom is 0.301 e. The number of aromatic nitrogens is 2. The molecule has 1 aliphatic rings. The number of anilines is 1. The van der Waals surface area contributed by atoms with Gasteiger partial charge >= 0.3 is 5.91 Å². The number of aliphatic hydroxyl groups excluding tert-OH is 1. The van der Waals surface area contributed by atoms with Gasteiger partial charge in [0, 0.05) is 22.1 Å². The van der Waals surface area contributed by atoms with Gasteiger partial charge in [0.25, 0.3) is 5.78 Å². The first-order chi connectivity index (χ1) is 14.0. The summed E-state index contributed by atoms with van der Waals surface area (Å²) >= 11 is 8.38. The first kappa shape index (κ1) is 19.6. The summed E-state index contributed by atoms with van der Waals surface area (Å²) in [5.41, 5.74) is 1.09. The van der Waals surface area contributed by atoms with Gasteiger partial charge in [-0.05, 0) is 24.0 Å². The zero-order valence-corrected chi connectivity index (χ0v) is 17.5. The summed E-state index contributed by atoms with van der Waals surface area (Å²) in [5.74, 6) is -1.76. The van der Waals surface area contributed by atoms with Crippen molar-refractivity contribution >= 4 is 57.5 Å². The number of carbonyl (C=O) groups excluding carboxylic acids is 2. The number of benzene rings is 2. The van der Waals surface area contributed by atoms with Crippen molar-refractivity contribution in [3.05, 3.63) is 76.3 Å². The number of amides is 1. The van der Waals surface area contributed by atoms with Crippen molar-refractivity contribution < 1.29 is 14.7 Å². The van der Waals surface area contributed by atoms with Crippen LogP contribution in [0, 0.1) is 0 Å². The monoisotopic (exact) mass is 443 g/mol. The predicted molar refractivity (Wildman–Crippen MR) is 114 cm³/mol. The molecule has 9 heteroatoms. The molecule has 1 N–H and O–H groups in total. The van der Waals surface area contributed by atoms with Crippen molar-refractivity contribution in [2.45, 2.75) is 11.2 Å². The lowest BCUT2D eigenvalue weighted by Crippen LogP contribution is -2.29. The molecular formula is C20H14ClN3O3S2. The molecule has 0 bridgehead atoms. The molecule has 0 aliphatic carbocycles. The van der Waals surface area contributed by atoms with Crippen molar-refractivity contribution in [2.24, 2.45) is 0 Å². The number of rotatable bonds is 4. The highest BCUT2D eigenvalue weighted by Gasteiger charge is 2.48. The first-order valence-corrected chi connectivity index (χ1v) is 10.9. The molecule has 29 heavy (non-hydrogen) atoms. The van der Waals surface area contributed by atoms with Gasteiger partial charge in [-0.2, -0.15) is 9.36 Å². The second kappa shape index (κ2) is 7.98. The number of carbonyl (C=O) groups is 2. The third-order valence-corrected chi connectivity index (χ3v) is 6.09. The van der Waals surface area contributed by atoms with E-state index >= 15 is 0 Å². The number of aliphatic hydroxyl groups is 1. The Morgan fingerprint density at radius 3 is 2.45 bits per heavy atom. The minimum atomic E-state index is -0.838. The molecule has 2 heterocycles. The van der Waals surface area contributed by atoms with E-state index < -0.39 is 17.7 Å². The summed E-state index contributed by atoms with van der Waals surface area (Å²) in [4.78, 5) is 31.5. The summed E-state index contributed by atoms with van der Waals surface area (Å²) in [6.07, 6.45) is 1.83. The zero-order valence-electron chi connectivity index (χ0n) is 15.1. The minimum absolute atomic E-state index is 0.00410. The maximum atomic E-state index is 12.9. The quantitative estimate of drug-likeness (QED) is 0.276. The topological polar surface area (TPSA) is 83.4 Å². The Kier molecular flexibility index (Phi) is 5.40. The zero-order chi connectivity index (χ0) is 20.5. The SMILES string of the molecule is CSc1nsc(N2C(=O)C(=O)C(=C(O)c3ccccc3)[C@H]2c2ccc(Cl)cc2)n1. The summed E-state index contributed by atoms with van der Waals surface area (Å²) < 4.78 is 4.20. The lowest BCUT2D eigenvalue weighted by molar-refractivity contribution is -0.132. The number of hydrogen-bond acceptors (Lipinski definition) is 7. The lowest BCUT2D eigenvalue weighted by Gasteiger charge is -2.22. The highest BCUT2D eigenvalue weighted by atomic mass is 35.5. The van der Waals surface area contributed by atoms with Gasteiger partial charge in [0.2, 0.25) is 10.3 Å². The van der Waals surface area contributed by atoms with E-state index in [1.807, 2.05) is 6.26 Å². The highest BCUT2D eigenvalue weighted by Crippen LogP contribution is 2.43. The summed E-state index contributed by atoms with van der Waals surface area (Å²) in [7, 11) is 0. The molecule has 1 atom stereocenters. The average Bonchev–Trinajstić information content (AvgIpc) is 3.32. The molecule has 1 amide bonds. The molecule has 1 aliphatic heterocycles. The second-order valence-corrected chi connectivity index (χ2v) is 8.09. The van der Waals surface area contributed by atoms with Crippen LogP contribution in [0.25, 0.3) is 5.76 Å². The summed E-state index contributed by atoms with van der Waals surface area (Å²) in [6.45, 7) is 0. The number of hydrogen-bond donors (Lipinski definition) is 1. The van der Waals surface area contributed by atoms with Gasteiger partial charge in [-0.25, -0.2) is 0 Å². The van der Waals surface area contributed by atoms with Crippen LogP contribution in [-0.2, 0) is 9.59 Å². The lowest BCUT2D eigenvalue weighted by atomic mass is 9.95. The van der Waals surface area contributed by atoms with Gasteiger partial charge in [-0.3, -0.25) is 14.5 Å². The standard InChI is InChI=1S/C20H14ClN3O3S2/c1-28-19-22-20(29-23-19)24-15(11-7-9-13(21)10-8-11)14(17(26)18(24)27)16(25)12-5-3-2-4-6-12/h2-10,15,25H,1H3/t15-/m1/s1. The van der Waals surface area contributed by atoms with E-state index in [1.54, 1.807) is 54.6 Å². The largest absolute Gasteiger partial charge is 0.507 e. The van der Waals surface area contributed by atoms with E-state index in [2.05, 4.69) is 9.36 Å². The van der Waals surface area contributed by atoms with Crippen molar-refractivity contribution in [3.63, 3.8) is 0 Å². The Balaban J connectivity index is 1.93. The first-order valence-electron chi connectivity index (χ1n) is 8.51.